The minimum atomic E-state index is -0.127. The molecule has 0 fully saturated rings. The highest BCUT2D eigenvalue weighted by atomic mass is 16.5. The fourth-order valence-corrected chi connectivity index (χ4v) is 1.58. The van der Waals surface area contributed by atoms with Crippen LogP contribution in [0, 0.1) is 0 Å². The highest BCUT2D eigenvalue weighted by Crippen LogP contribution is 2.28. The number of carbonyl (C=O) groups is 1. The molecule has 0 atom stereocenters. The smallest absolute Gasteiger partial charge is 0.243 e. The van der Waals surface area contributed by atoms with E-state index in [9.17, 15) is 4.79 Å². The van der Waals surface area contributed by atoms with E-state index in [0.717, 1.165) is 11.3 Å². The minimum Gasteiger partial charge on any atom is -0.496 e. The summed E-state index contributed by atoms with van der Waals surface area (Å²) in [7, 11) is 3.23. The number of hydrogen-bond acceptors (Lipinski definition) is 2. The Kier molecular flexibility index (Phi) is 4.54. The predicted octanol–water partition coefficient (Wildman–Crippen LogP) is 2.75. The van der Waals surface area contributed by atoms with E-state index in [0.29, 0.717) is 0 Å². The number of likely N-dealkylation sites (N-methyl/N-ethyl adjacent to an activating group) is 1. The van der Waals surface area contributed by atoms with Gasteiger partial charge < -0.3 is 10.1 Å². The lowest BCUT2D eigenvalue weighted by molar-refractivity contribution is -0.115. The maximum Gasteiger partial charge on any atom is 0.243 e. The molecule has 1 rings (SSSR count). The van der Waals surface area contributed by atoms with Crippen LogP contribution in [0.25, 0.3) is 6.08 Å². The van der Waals surface area contributed by atoms with Crippen LogP contribution in [-0.2, 0) is 10.2 Å². The van der Waals surface area contributed by atoms with Crippen molar-refractivity contribution in [3.8, 4) is 5.75 Å². The molecule has 18 heavy (non-hydrogen) atoms. The molecule has 0 radical (unpaired) electrons. The molecule has 0 aliphatic heterocycles. The highest BCUT2D eigenvalue weighted by molar-refractivity contribution is 5.91. The van der Waals surface area contributed by atoms with Gasteiger partial charge in [-0.05, 0) is 29.2 Å². The van der Waals surface area contributed by atoms with Crippen molar-refractivity contribution in [2.24, 2.45) is 0 Å². The second kappa shape index (κ2) is 5.71. The third-order valence-corrected chi connectivity index (χ3v) is 2.76. The third-order valence-electron chi connectivity index (χ3n) is 2.76. The molecule has 0 saturated carbocycles. The second-order valence-electron chi connectivity index (χ2n) is 5.15. The summed E-state index contributed by atoms with van der Waals surface area (Å²) in [6.45, 7) is 6.46. The van der Waals surface area contributed by atoms with E-state index in [4.69, 9.17) is 4.74 Å². The van der Waals surface area contributed by atoms with Crippen molar-refractivity contribution in [2.45, 2.75) is 26.2 Å². The molecule has 0 saturated heterocycles. The van der Waals surface area contributed by atoms with E-state index in [1.165, 1.54) is 11.6 Å². The molecule has 1 aromatic rings. The molecule has 0 heterocycles. The van der Waals surface area contributed by atoms with E-state index in [2.05, 4.69) is 38.2 Å². The van der Waals surface area contributed by atoms with Crippen molar-refractivity contribution >= 4 is 12.0 Å². The number of carbonyl (C=O) groups excluding carboxylic acids is 1. The number of benzene rings is 1. The van der Waals surface area contributed by atoms with Gasteiger partial charge in [-0.25, -0.2) is 0 Å². The molecule has 1 amide bonds. The lowest BCUT2D eigenvalue weighted by Crippen LogP contribution is -2.14. The minimum absolute atomic E-state index is 0.0713. The highest BCUT2D eigenvalue weighted by Gasteiger charge is 2.15. The van der Waals surface area contributed by atoms with Crippen molar-refractivity contribution < 1.29 is 9.53 Å². The zero-order chi connectivity index (χ0) is 13.8. The molecule has 0 aliphatic carbocycles. The van der Waals surface area contributed by atoms with E-state index < -0.39 is 0 Å². The van der Waals surface area contributed by atoms with Crippen molar-refractivity contribution in [3.63, 3.8) is 0 Å². The number of ether oxygens (including phenoxy) is 1. The predicted molar refractivity (Wildman–Crippen MR) is 74.8 cm³/mol. The summed E-state index contributed by atoms with van der Waals surface area (Å²) >= 11 is 0. The average Bonchev–Trinajstić information content (AvgIpc) is 2.34. The number of rotatable bonds is 3. The van der Waals surface area contributed by atoms with Crippen LogP contribution in [-0.4, -0.2) is 20.1 Å². The summed E-state index contributed by atoms with van der Waals surface area (Å²) in [5.74, 6) is 0.640. The molecular formula is C15H21NO2. The average molecular weight is 247 g/mol. The number of nitrogens with one attached hydrogen (secondary N) is 1. The van der Waals surface area contributed by atoms with Crippen LogP contribution in [0.15, 0.2) is 24.3 Å². The number of hydrogen-bond donors (Lipinski definition) is 1. The van der Waals surface area contributed by atoms with E-state index in [1.807, 2.05) is 6.07 Å². The SMILES string of the molecule is CNC(=O)/C=C/c1cc(C(C)(C)C)ccc1OC. The summed E-state index contributed by atoms with van der Waals surface area (Å²) < 4.78 is 5.30. The molecule has 1 N–H and O–H groups in total. The van der Waals surface area contributed by atoms with Crippen molar-refractivity contribution in [1.29, 1.82) is 0 Å². The Labute approximate surface area is 109 Å². The molecule has 0 spiro atoms. The van der Waals surface area contributed by atoms with Crippen molar-refractivity contribution in [3.05, 3.63) is 35.4 Å². The molecule has 98 valence electrons. The van der Waals surface area contributed by atoms with Gasteiger partial charge in [0.25, 0.3) is 0 Å². The lowest BCUT2D eigenvalue weighted by Gasteiger charge is -2.20. The number of amides is 1. The Bertz CT molecular complexity index is 456. The zero-order valence-corrected chi connectivity index (χ0v) is 11.7. The lowest BCUT2D eigenvalue weighted by atomic mass is 9.86. The van der Waals surface area contributed by atoms with Gasteiger partial charge in [0.1, 0.15) is 5.75 Å². The first-order chi connectivity index (χ1) is 8.38. The first-order valence-corrected chi connectivity index (χ1v) is 5.97. The topological polar surface area (TPSA) is 38.3 Å². The monoisotopic (exact) mass is 247 g/mol. The van der Waals surface area contributed by atoms with Gasteiger partial charge in [-0.2, -0.15) is 0 Å². The summed E-state index contributed by atoms with van der Waals surface area (Å²) in [5, 5.41) is 2.55. The third kappa shape index (κ3) is 3.62. The van der Waals surface area contributed by atoms with Gasteiger partial charge in [-0.1, -0.05) is 26.8 Å². The maximum atomic E-state index is 11.2. The van der Waals surface area contributed by atoms with Crippen LogP contribution >= 0.6 is 0 Å². The van der Waals surface area contributed by atoms with Crippen LogP contribution in [0.2, 0.25) is 0 Å². The Morgan fingerprint density at radius 2 is 2.00 bits per heavy atom. The molecule has 0 aromatic heterocycles. The molecular weight excluding hydrogens is 226 g/mol. The van der Waals surface area contributed by atoms with E-state index in [1.54, 1.807) is 20.2 Å². The number of methoxy groups -OCH3 is 1. The Morgan fingerprint density at radius 1 is 1.33 bits per heavy atom. The summed E-state index contributed by atoms with van der Waals surface area (Å²) in [6.07, 6.45) is 3.28. The Hall–Kier alpha value is -1.77. The quantitative estimate of drug-likeness (QED) is 0.834. The largest absolute Gasteiger partial charge is 0.496 e. The summed E-state index contributed by atoms with van der Waals surface area (Å²) in [5.41, 5.74) is 2.19. The molecule has 0 bridgehead atoms. The Balaban J connectivity index is 3.14. The van der Waals surface area contributed by atoms with Crippen LogP contribution < -0.4 is 10.1 Å². The van der Waals surface area contributed by atoms with Gasteiger partial charge in [0, 0.05) is 18.7 Å². The van der Waals surface area contributed by atoms with E-state index >= 15 is 0 Å². The van der Waals surface area contributed by atoms with Gasteiger partial charge in [0.15, 0.2) is 0 Å². The summed E-state index contributed by atoms with van der Waals surface area (Å²) in [4.78, 5) is 11.2. The summed E-state index contributed by atoms with van der Waals surface area (Å²) in [6, 6.07) is 6.04. The van der Waals surface area contributed by atoms with Crippen LogP contribution in [0.3, 0.4) is 0 Å². The van der Waals surface area contributed by atoms with Gasteiger partial charge in [0.2, 0.25) is 5.91 Å². The van der Waals surface area contributed by atoms with Crippen LogP contribution in [0.1, 0.15) is 31.9 Å². The van der Waals surface area contributed by atoms with E-state index in [-0.39, 0.29) is 11.3 Å². The zero-order valence-electron chi connectivity index (χ0n) is 11.7. The molecule has 0 unspecified atom stereocenters. The van der Waals surface area contributed by atoms with Gasteiger partial charge in [-0.15, -0.1) is 0 Å². The normalized spacial score (nSPS) is 11.6. The maximum absolute atomic E-state index is 11.2. The molecule has 3 heteroatoms. The first-order valence-electron chi connectivity index (χ1n) is 5.97. The standard InChI is InChI=1S/C15H21NO2/c1-15(2,3)12-7-8-13(18-5)11(10-12)6-9-14(17)16-4/h6-10H,1-5H3,(H,16,17)/b9-6+. The molecule has 3 nitrogen and oxygen atoms in total. The van der Waals surface area contributed by atoms with Crippen molar-refractivity contribution in [2.75, 3.05) is 14.2 Å². The second-order valence-corrected chi connectivity index (χ2v) is 5.15. The fraction of sp³-hybridized carbons (Fsp3) is 0.400. The van der Waals surface area contributed by atoms with Crippen molar-refractivity contribution in [1.82, 2.24) is 5.32 Å². The first kappa shape index (κ1) is 14.3. The fourth-order valence-electron chi connectivity index (χ4n) is 1.58. The van der Waals surface area contributed by atoms with Crippen LogP contribution in [0.5, 0.6) is 5.75 Å². The van der Waals surface area contributed by atoms with Crippen LogP contribution in [0.4, 0.5) is 0 Å². The van der Waals surface area contributed by atoms with Gasteiger partial charge in [-0.3, -0.25) is 4.79 Å². The van der Waals surface area contributed by atoms with Gasteiger partial charge >= 0.3 is 0 Å². The Morgan fingerprint density at radius 3 is 2.50 bits per heavy atom. The van der Waals surface area contributed by atoms with Gasteiger partial charge in [0.05, 0.1) is 7.11 Å². The molecule has 0 aliphatic rings. The molecule has 1 aromatic carbocycles.